The zero-order valence-corrected chi connectivity index (χ0v) is 18.2. The van der Waals surface area contributed by atoms with Crippen LogP contribution < -0.4 is 10.6 Å². The molecule has 9 heteroatoms. The molecule has 2 N–H and O–H groups in total. The molecule has 0 radical (unpaired) electrons. The Morgan fingerprint density at radius 3 is 2.43 bits per heavy atom. The Morgan fingerprint density at radius 2 is 1.80 bits per heavy atom. The van der Waals surface area contributed by atoms with Crippen LogP contribution in [0.4, 0.5) is 10.5 Å². The van der Waals surface area contributed by atoms with Gasteiger partial charge in [0.2, 0.25) is 0 Å². The number of fused-ring (bicyclic) bond motifs is 1. The minimum absolute atomic E-state index is 0.0946. The molecule has 0 fully saturated rings. The van der Waals surface area contributed by atoms with E-state index in [1.54, 1.807) is 64.4 Å². The molecule has 160 valence electrons. The van der Waals surface area contributed by atoms with Crippen LogP contribution in [0.15, 0.2) is 41.6 Å². The second-order valence-electron chi connectivity index (χ2n) is 8.15. The maximum atomic E-state index is 12.8. The number of alkyl carbamates (subject to hydrolysis) is 1. The van der Waals surface area contributed by atoms with Crippen molar-refractivity contribution in [3.63, 3.8) is 0 Å². The molecule has 0 bridgehead atoms. The summed E-state index contributed by atoms with van der Waals surface area (Å²) in [6.45, 7) is 6.87. The van der Waals surface area contributed by atoms with Crippen molar-refractivity contribution in [2.75, 3.05) is 11.1 Å². The Bertz CT molecular complexity index is 1080. The van der Waals surface area contributed by atoms with Crippen LogP contribution in [-0.4, -0.2) is 36.8 Å². The monoisotopic (exact) mass is 431 g/mol. The molecule has 2 aromatic rings. The van der Waals surface area contributed by atoms with Gasteiger partial charge in [-0.25, -0.2) is 13.2 Å². The maximum Gasteiger partial charge on any atom is 0.408 e. The number of carbonyl (C=O) groups excluding carboxylic acids is 2. The van der Waals surface area contributed by atoms with Crippen molar-refractivity contribution in [1.82, 2.24) is 10.3 Å². The molecular formula is C21H25N3O5S. The molecule has 1 unspecified atom stereocenters. The first-order chi connectivity index (χ1) is 14.0. The van der Waals surface area contributed by atoms with Gasteiger partial charge in [-0.1, -0.05) is 6.07 Å². The zero-order chi connectivity index (χ0) is 22.1. The van der Waals surface area contributed by atoms with Crippen molar-refractivity contribution in [2.45, 2.75) is 50.7 Å². The van der Waals surface area contributed by atoms with Crippen LogP contribution in [0.25, 0.3) is 0 Å². The van der Waals surface area contributed by atoms with Gasteiger partial charge in [-0.2, -0.15) is 0 Å². The van der Waals surface area contributed by atoms with E-state index < -0.39 is 33.5 Å². The normalized spacial score (nSPS) is 17.5. The Morgan fingerprint density at radius 1 is 1.13 bits per heavy atom. The highest BCUT2D eigenvalue weighted by molar-refractivity contribution is 7.91. The Balaban J connectivity index is 1.93. The molecule has 0 aliphatic carbocycles. The number of anilines is 1. The van der Waals surface area contributed by atoms with Gasteiger partial charge in [0.1, 0.15) is 5.60 Å². The molecular weight excluding hydrogens is 406 g/mol. The van der Waals surface area contributed by atoms with E-state index in [0.29, 0.717) is 16.8 Å². The topological polar surface area (TPSA) is 114 Å². The summed E-state index contributed by atoms with van der Waals surface area (Å²) in [7, 11) is -3.59. The Labute approximate surface area is 176 Å². The smallest absolute Gasteiger partial charge is 0.408 e. The number of aromatic nitrogens is 1. The van der Waals surface area contributed by atoms with Crippen molar-refractivity contribution in [3.8, 4) is 0 Å². The first-order valence-corrected chi connectivity index (χ1v) is 11.2. The van der Waals surface area contributed by atoms with Gasteiger partial charge < -0.3 is 15.4 Å². The van der Waals surface area contributed by atoms with Crippen LogP contribution in [0.1, 0.15) is 54.7 Å². The number of ether oxygens (including phenoxy) is 1. The van der Waals surface area contributed by atoms with Gasteiger partial charge in [0.25, 0.3) is 5.91 Å². The quantitative estimate of drug-likeness (QED) is 0.770. The molecule has 8 nitrogen and oxygen atoms in total. The molecule has 1 atom stereocenters. The molecule has 0 spiro atoms. The molecule has 1 aromatic heterocycles. The largest absolute Gasteiger partial charge is 0.444 e. The number of hydrogen-bond acceptors (Lipinski definition) is 6. The van der Waals surface area contributed by atoms with Crippen LogP contribution in [0, 0.1) is 6.92 Å². The molecule has 3 rings (SSSR count). The van der Waals surface area contributed by atoms with Crippen LogP contribution in [-0.2, 0) is 14.6 Å². The fourth-order valence-electron chi connectivity index (χ4n) is 3.41. The summed E-state index contributed by atoms with van der Waals surface area (Å²) in [6.07, 6.45) is 2.71. The predicted molar refractivity (Wildman–Crippen MR) is 112 cm³/mol. The number of nitrogens with one attached hydrogen (secondary N) is 2. The van der Waals surface area contributed by atoms with Crippen LogP contribution >= 0.6 is 0 Å². The zero-order valence-electron chi connectivity index (χ0n) is 17.4. The van der Waals surface area contributed by atoms with Crippen molar-refractivity contribution in [1.29, 1.82) is 0 Å². The van der Waals surface area contributed by atoms with Gasteiger partial charge in [0.05, 0.1) is 16.7 Å². The average molecular weight is 432 g/mol. The number of sulfone groups is 1. The van der Waals surface area contributed by atoms with E-state index in [-0.39, 0.29) is 22.6 Å². The molecule has 1 aliphatic heterocycles. The number of rotatable bonds is 3. The third-order valence-corrected chi connectivity index (χ3v) is 6.61. The Kier molecular flexibility index (Phi) is 5.85. The molecule has 1 aliphatic rings. The van der Waals surface area contributed by atoms with Gasteiger partial charge >= 0.3 is 6.09 Å². The van der Waals surface area contributed by atoms with E-state index in [9.17, 15) is 18.0 Å². The first-order valence-electron chi connectivity index (χ1n) is 9.55. The summed E-state index contributed by atoms with van der Waals surface area (Å²) in [5.74, 6) is -0.546. The lowest BCUT2D eigenvalue weighted by molar-refractivity contribution is 0.0500. The van der Waals surface area contributed by atoms with Gasteiger partial charge in [-0.05, 0) is 63.4 Å². The van der Waals surface area contributed by atoms with Crippen LogP contribution in [0.3, 0.4) is 0 Å². The van der Waals surface area contributed by atoms with Gasteiger partial charge in [-0.3, -0.25) is 9.78 Å². The fraction of sp³-hybridized carbons (Fsp3) is 0.381. The van der Waals surface area contributed by atoms with Gasteiger partial charge in [-0.15, -0.1) is 0 Å². The predicted octanol–water partition coefficient (Wildman–Crippen LogP) is 3.39. The number of benzene rings is 1. The van der Waals surface area contributed by atoms with E-state index >= 15 is 0 Å². The van der Waals surface area contributed by atoms with Crippen molar-refractivity contribution >= 4 is 27.5 Å². The highest BCUT2D eigenvalue weighted by Gasteiger charge is 2.35. The number of nitrogens with zero attached hydrogens (tertiary/aromatic N) is 1. The summed E-state index contributed by atoms with van der Waals surface area (Å²) in [5, 5.41) is 5.49. The average Bonchev–Trinajstić information content (AvgIpc) is 2.63. The van der Waals surface area contributed by atoms with E-state index in [1.165, 1.54) is 0 Å². The number of hydrogen-bond donors (Lipinski definition) is 2. The third kappa shape index (κ3) is 4.79. The molecule has 0 saturated heterocycles. The van der Waals surface area contributed by atoms with Crippen molar-refractivity contribution < 1.29 is 22.7 Å². The molecule has 0 saturated carbocycles. The minimum atomic E-state index is -3.59. The van der Waals surface area contributed by atoms with Crippen LogP contribution in [0.5, 0.6) is 0 Å². The highest BCUT2D eigenvalue weighted by Crippen LogP contribution is 2.36. The first kappa shape index (κ1) is 21.8. The summed E-state index contributed by atoms with van der Waals surface area (Å²) in [5.41, 5.74) is 0.963. The Hall–Kier alpha value is -2.94. The molecule has 1 aromatic carbocycles. The highest BCUT2D eigenvalue weighted by atomic mass is 32.2. The second-order valence-corrected chi connectivity index (χ2v) is 10.2. The lowest BCUT2D eigenvalue weighted by Gasteiger charge is -2.29. The minimum Gasteiger partial charge on any atom is -0.444 e. The summed E-state index contributed by atoms with van der Waals surface area (Å²) >= 11 is 0. The molecule has 2 heterocycles. The molecule has 2 amide bonds. The maximum absolute atomic E-state index is 12.8. The third-order valence-electron chi connectivity index (χ3n) is 4.67. The van der Waals surface area contributed by atoms with E-state index in [4.69, 9.17) is 4.74 Å². The second kappa shape index (κ2) is 8.06. The standard InChI is InChI=1S/C21H25N3O5S/c1-13-15(19(25)23-14-7-10-22-11-8-14)5-6-16-17(9-12-30(27,28)18(13)16)24-20(26)29-21(2,3)4/h5-8,10-11,17H,9,12H2,1-4H3,(H,24,26)(H,22,23,25). The lowest BCUT2D eigenvalue weighted by atomic mass is 9.97. The number of amides is 2. The van der Waals surface area contributed by atoms with Crippen molar-refractivity contribution in [3.05, 3.63) is 53.3 Å². The summed E-state index contributed by atoms with van der Waals surface area (Å²) in [6, 6.07) is 5.93. The number of pyridine rings is 1. The van der Waals surface area contributed by atoms with E-state index in [2.05, 4.69) is 15.6 Å². The molecule has 30 heavy (non-hydrogen) atoms. The fourth-order valence-corrected chi connectivity index (χ4v) is 5.31. The number of carbonyl (C=O) groups is 2. The van der Waals surface area contributed by atoms with Gasteiger partial charge in [0.15, 0.2) is 9.84 Å². The van der Waals surface area contributed by atoms with Crippen molar-refractivity contribution in [2.24, 2.45) is 0 Å². The van der Waals surface area contributed by atoms with Crippen LogP contribution in [0.2, 0.25) is 0 Å². The van der Waals surface area contributed by atoms with Gasteiger partial charge in [0, 0.05) is 23.6 Å². The summed E-state index contributed by atoms with van der Waals surface area (Å²) in [4.78, 5) is 28.9. The van der Waals surface area contributed by atoms with E-state index in [0.717, 1.165) is 0 Å². The summed E-state index contributed by atoms with van der Waals surface area (Å²) < 4.78 is 30.9. The lowest BCUT2D eigenvalue weighted by Crippen LogP contribution is -2.38. The SMILES string of the molecule is Cc1c(C(=O)Nc2ccncc2)ccc2c1S(=O)(=O)CCC2NC(=O)OC(C)(C)C. The van der Waals surface area contributed by atoms with E-state index in [1.807, 2.05) is 0 Å².